The Hall–Kier alpha value is -4.25. The molecule has 0 aliphatic carbocycles. The molecule has 1 unspecified atom stereocenters. The molecule has 0 bridgehead atoms. The zero-order valence-electron chi connectivity index (χ0n) is 21.2. The average Bonchev–Trinajstić information content (AvgIpc) is 3.20. The quantitative estimate of drug-likeness (QED) is 0.463. The molecule has 2 saturated heterocycles. The fourth-order valence-corrected chi connectivity index (χ4v) is 4.39. The molecule has 202 valence electrons. The Kier molecular flexibility index (Phi) is 8.47. The van der Waals surface area contributed by atoms with Gasteiger partial charge in [-0.2, -0.15) is 5.26 Å². The minimum atomic E-state index is -0.836. The van der Waals surface area contributed by atoms with Crippen LogP contribution in [0.1, 0.15) is 12.8 Å². The van der Waals surface area contributed by atoms with Gasteiger partial charge in [0.2, 0.25) is 18.1 Å². The van der Waals surface area contributed by atoms with E-state index in [1.165, 1.54) is 6.20 Å². The van der Waals surface area contributed by atoms with Crippen molar-refractivity contribution < 1.29 is 18.7 Å². The standard InChI is InChI=1S/C26H28FN9O3/c27-20-16-31-26(32-18-5-7-29-21(14-18)33-22(37)17-35-9-12-38-13-10-35)34-24(20)19-4-3-6-30-25(19)36-8-1-2-11-39-23(36)15-28/h3-7,14,16,23H,1-2,8-13,17H2,(H2,29,31,32,33,34,37). The lowest BCUT2D eigenvalue weighted by atomic mass is 10.1. The molecule has 1 atom stereocenters. The smallest absolute Gasteiger partial charge is 0.239 e. The maximum Gasteiger partial charge on any atom is 0.239 e. The highest BCUT2D eigenvalue weighted by Crippen LogP contribution is 2.32. The van der Waals surface area contributed by atoms with Crippen LogP contribution in [-0.2, 0) is 14.3 Å². The van der Waals surface area contributed by atoms with Gasteiger partial charge in [-0.15, -0.1) is 0 Å². The number of pyridine rings is 2. The van der Waals surface area contributed by atoms with Gasteiger partial charge in [0.05, 0.1) is 32.6 Å². The molecule has 12 nitrogen and oxygen atoms in total. The maximum absolute atomic E-state index is 15.0. The Balaban J connectivity index is 1.34. The first-order valence-corrected chi connectivity index (χ1v) is 12.7. The predicted octanol–water partition coefficient (Wildman–Crippen LogP) is 2.55. The number of nitrogens with one attached hydrogen (secondary N) is 2. The first-order valence-electron chi connectivity index (χ1n) is 12.7. The number of rotatable bonds is 7. The third-order valence-corrected chi connectivity index (χ3v) is 6.28. The van der Waals surface area contributed by atoms with Gasteiger partial charge in [-0.05, 0) is 31.0 Å². The van der Waals surface area contributed by atoms with E-state index in [0.29, 0.717) is 62.3 Å². The van der Waals surface area contributed by atoms with Gasteiger partial charge in [-0.1, -0.05) is 0 Å². The monoisotopic (exact) mass is 533 g/mol. The fraction of sp³-hybridized carbons (Fsp3) is 0.385. The minimum Gasteiger partial charge on any atom is -0.379 e. The number of morpholine rings is 1. The summed E-state index contributed by atoms with van der Waals surface area (Å²) >= 11 is 0. The van der Waals surface area contributed by atoms with Crippen molar-refractivity contribution in [3.05, 3.63) is 48.7 Å². The molecule has 0 spiro atoms. The first-order chi connectivity index (χ1) is 19.1. The maximum atomic E-state index is 15.0. The van der Waals surface area contributed by atoms with E-state index in [1.807, 2.05) is 4.90 Å². The Bertz CT molecular complexity index is 1350. The molecule has 2 fully saturated rings. The van der Waals surface area contributed by atoms with E-state index in [1.54, 1.807) is 35.4 Å². The van der Waals surface area contributed by atoms with Crippen LogP contribution in [0.2, 0.25) is 0 Å². The molecule has 3 aromatic heterocycles. The number of ether oxygens (including phenoxy) is 2. The largest absolute Gasteiger partial charge is 0.379 e. The number of nitrogens with zero attached hydrogens (tertiary/aromatic N) is 7. The number of nitriles is 1. The second-order valence-corrected chi connectivity index (χ2v) is 9.01. The Labute approximate surface area is 224 Å². The van der Waals surface area contributed by atoms with Gasteiger partial charge in [0.15, 0.2) is 5.82 Å². The molecule has 13 heteroatoms. The summed E-state index contributed by atoms with van der Waals surface area (Å²) in [5.41, 5.74) is 1.00. The van der Waals surface area contributed by atoms with Gasteiger partial charge in [0.25, 0.3) is 0 Å². The van der Waals surface area contributed by atoms with Crippen LogP contribution in [-0.4, -0.2) is 83.0 Å². The highest BCUT2D eigenvalue weighted by atomic mass is 19.1. The van der Waals surface area contributed by atoms with Crippen molar-refractivity contribution in [2.75, 3.05) is 61.5 Å². The van der Waals surface area contributed by atoms with Gasteiger partial charge >= 0.3 is 0 Å². The van der Waals surface area contributed by atoms with Crippen LogP contribution in [0.25, 0.3) is 11.3 Å². The lowest BCUT2D eigenvalue weighted by molar-refractivity contribution is -0.118. The number of carbonyl (C=O) groups is 1. The first kappa shape index (κ1) is 26.4. The van der Waals surface area contributed by atoms with Crippen LogP contribution in [0.4, 0.5) is 27.7 Å². The third kappa shape index (κ3) is 6.61. The number of carbonyl (C=O) groups excluding carboxylic acids is 1. The van der Waals surface area contributed by atoms with Gasteiger partial charge in [-0.25, -0.2) is 24.3 Å². The van der Waals surface area contributed by atoms with Gasteiger partial charge < -0.3 is 25.0 Å². The molecule has 5 rings (SSSR count). The van der Waals surface area contributed by atoms with E-state index in [-0.39, 0.29) is 24.1 Å². The summed E-state index contributed by atoms with van der Waals surface area (Å²) in [4.78, 5) is 33.4. The van der Waals surface area contributed by atoms with Crippen molar-refractivity contribution in [2.24, 2.45) is 0 Å². The van der Waals surface area contributed by atoms with Crippen molar-refractivity contribution >= 4 is 29.2 Å². The number of amides is 1. The van der Waals surface area contributed by atoms with Crippen molar-refractivity contribution in [1.29, 1.82) is 5.26 Å². The van der Waals surface area contributed by atoms with E-state index in [2.05, 4.69) is 36.6 Å². The van der Waals surface area contributed by atoms with E-state index in [4.69, 9.17) is 9.47 Å². The second-order valence-electron chi connectivity index (χ2n) is 9.01. The van der Waals surface area contributed by atoms with Crippen LogP contribution in [0.5, 0.6) is 0 Å². The molecule has 0 radical (unpaired) electrons. The van der Waals surface area contributed by atoms with Crippen LogP contribution >= 0.6 is 0 Å². The summed E-state index contributed by atoms with van der Waals surface area (Å²) in [5, 5.41) is 15.5. The number of hydrogen-bond acceptors (Lipinski definition) is 11. The van der Waals surface area contributed by atoms with Crippen molar-refractivity contribution in [2.45, 2.75) is 19.1 Å². The SMILES string of the molecule is N#CC1OCCCCN1c1ncccc1-c1nc(Nc2ccnc(NC(=O)CN3CCOCC3)c2)ncc1F. The minimum absolute atomic E-state index is 0.0321. The lowest BCUT2D eigenvalue weighted by Crippen LogP contribution is -2.41. The van der Waals surface area contributed by atoms with Crippen LogP contribution < -0.4 is 15.5 Å². The second kappa shape index (κ2) is 12.5. The van der Waals surface area contributed by atoms with E-state index < -0.39 is 12.0 Å². The zero-order valence-corrected chi connectivity index (χ0v) is 21.2. The van der Waals surface area contributed by atoms with Gasteiger partial charge in [0, 0.05) is 49.3 Å². The Morgan fingerprint density at radius 2 is 2.00 bits per heavy atom. The fourth-order valence-electron chi connectivity index (χ4n) is 4.39. The summed E-state index contributed by atoms with van der Waals surface area (Å²) in [6, 6.07) is 8.86. The van der Waals surface area contributed by atoms with Gasteiger partial charge in [-0.3, -0.25) is 9.69 Å². The third-order valence-electron chi connectivity index (χ3n) is 6.28. The molecule has 2 aliphatic heterocycles. The summed E-state index contributed by atoms with van der Waals surface area (Å²) in [7, 11) is 0. The van der Waals surface area contributed by atoms with E-state index in [0.717, 1.165) is 19.0 Å². The predicted molar refractivity (Wildman–Crippen MR) is 141 cm³/mol. The molecule has 3 aromatic rings. The Morgan fingerprint density at radius 1 is 1.13 bits per heavy atom. The Morgan fingerprint density at radius 3 is 2.85 bits per heavy atom. The van der Waals surface area contributed by atoms with Crippen LogP contribution in [0, 0.1) is 17.1 Å². The molecular formula is C26H28FN9O3. The zero-order chi connectivity index (χ0) is 27.0. The average molecular weight is 534 g/mol. The molecule has 0 aromatic carbocycles. The highest BCUT2D eigenvalue weighted by molar-refractivity contribution is 5.91. The molecule has 2 aliphatic rings. The van der Waals surface area contributed by atoms with Crippen molar-refractivity contribution in [1.82, 2.24) is 24.8 Å². The van der Waals surface area contributed by atoms with E-state index in [9.17, 15) is 10.1 Å². The van der Waals surface area contributed by atoms with Crippen molar-refractivity contribution in [3.8, 4) is 17.3 Å². The number of anilines is 4. The molecule has 0 saturated carbocycles. The molecule has 1 amide bonds. The number of halogens is 1. The van der Waals surface area contributed by atoms with Gasteiger partial charge in [0.1, 0.15) is 23.4 Å². The normalized spacial score (nSPS) is 18.2. The molecule has 39 heavy (non-hydrogen) atoms. The summed E-state index contributed by atoms with van der Waals surface area (Å²) < 4.78 is 26.0. The van der Waals surface area contributed by atoms with Crippen molar-refractivity contribution in [3.63, 3.8) is 0 Å². The topological polar surface area (TPSA) is 141 Å². The number of hydrogen-bond donors (Lipinski definition) is 2. The summed E-state index contributed by atoms with van der Waals surface area (Å²) in [6.45, 7) is 3.87. The summed E-state index contributed by atoms with van der Waals surface area (Å²) in [5.74, 6) is 0.0912. The summed E-state index contributed by atoms with van der Waals surface area (Å²) in [6.07, 6.45) is 4.99. The lowest BCUT2D eigenvalue weighted by Gasteiger charge is -2.27. The van der Waals surface area contributed by atoms with Crippen LogP contribution in [0.3, 0.4) is 0 Å². The van der Waals surface area contributed by atoms with Crippen LogP contribution in [0.15, 0.2) is 42.9 Å². The van der Waals surface area contributed by atoms with E-state index >= 15 is 4.39 Å². The number of aromatic nitrogens is 4. The highest BCUT2D eigenvalue weighted by Gasteiger charge is 2.26. The molecular weight excluding hydrogens is 505 g/mol. The molecule has 2 N–H and O–H groups in total. The molecule has 5 heterocycles.